The molecule has 88 valence electrons. The Morgan fingerprint density at radius 3 is 2.53 bits per heavy atom. The normalized spacial score (nSPS) is 10.7. The number of nitrogens with zero attached hydrogens (tertiary/aromatic N) is 1. The fourth-order valence-corrected chi connectivity index (χ4v) is 1.42. The smallest absolute Gasteiger partial charge is 0.221 e. The van der Waals surface area contributed by atoms with E-state index in [2.05, 4.69) is 24.1 Å². The molecule has 0 fully saturated rings. The van der Waals surface area contributed by atoms with Crippen molar-refractivity contribution in [2.75, 3.05) is 19.6 Å². The molecule has 0 aromatic carbocycles. The van der Waals surface area contributed by atoms with Gasteiger partial charge in [-0.05, 0) is 20.8 Å². The van der Waals surface area contributed by atoms with Crippen LogP contribution in [0.2, 0.25) is 0 Å². The molecule has 0 aromatic heterocycles. The van der Waals surface area contributed by atoms with Crippen LogP contribution in [0.3, 0.4) is 0 Å². The van der Waals surface area contributed by atoms with Crippen LogP contribution in [-0.4, -0.2) is 41.5 Å². The lowest BCUT2D eigenvalue weighted by atomic mass is 10.2. The lowest BCUT2D eigenvalue weighted by Gasteiger charge is -2.25. The number of thiocarbonyl (C=S) groups is 1. The monoisotopic (exact) mass is 231 g/mol. The third-order valence-corrected chi connectivity index (χ3v) is 2.22. The number of hydrogen-bond donors (Lipinski definition) is 2. The molecule has 4 nitrogen and oxygen atoms in total. The summed E-state index contributed by atoms with van der Waals surface area (Å²) in [5.74, 6) is 0.0751. The maximum Gasteiger partial charge on any atom is 0.221 e. The maximum atomic E-state index is 11.3. The number of carbonyl (C=O) groups excluding carboxylic acids is 1. The molecule has 15 heavy (non-hydrogen) atoms. The maximum absolute atomic E-state index is 11.3. The number of rotatable bonds is 7. The van der Waals surface area contributed by atoms with Crippen molar-refractivity contribution in [2.24, 2.45) is 5.73 Å². The van der Waals surface area contributed by atoms with Crippen molar-refractivity contribution in [1.29, 1.82) is 0 Å². The third-order valence-electron chi connectivity index (χ3n) is 2.09. The van der Waals surface area contributed by atoms with E-state index < -0.39 is 0 Å². The number of hydrogen-bond acceptors (Lipinski definition) is 3. The molecular formula is C10H21N3OS. The molecule has 0 atom stereocenters. The van der Waals surface area contributed by atoms with Crippen LogP contribution in [0.15, 0.2) is 0 Å². The molecule has 0 saturated heterocycles. The van der Waals surface area contributed by atoms with Gasteiger partial charge in [0.05, 0.1) is 4.99 Å². The second kappa shape index (κ2) is 7.59. The predicted molar refractivity (Wildman–Crippen MR) is 66.8 cm³/mol. The Labute approximate surface area is 97.2 Å². The van der Waals surface area contributed by atoms with Crippen molar-refractivity contribution >= 4 is 23.1 Å². The van der Waals surface area contributed by atoms with Crippen molar-refractivity contribution in [2.45, 2.75) is 33.2 Å². The highest BCUT2D eigenvalue weighted by atomic mass is 32.1. The molecule has 0 aliphatic rings. The molecule has 0 aliphatic heterocycles. The Morgan fingerprint density at radius 2 is 2.13 bits per heavy atom. The Kier molecular flexibility index (Phi) is 7.25. The molecule has 5 heteroatoms. The molecule has 1 amide bonds. The van der Waals surface area contributed by atoms with Crippen LogP contribution in [0.5, 0.6) is 0 Å². The Balaban J connectivity index is 3.96. The largest absolute Gasteiger partial charge is 0.392 e. The van der Waals surface area contributed by atoms with E-state index >= 15 is 0 Å². The van der Waals surface area contributed by atoms with Gasteiger partial charge in [0.25, 0.3) is 0 Å². The van der Waals surface area contributed by atoms with Crippen molar-refractivity contribution in [3.63, 3.8) is 0 Å². The average molecular weight is 231 g/mol. The van der Waals surface area contributed by atoms with Gasteiger partial charge in [-0.3, -0.25) is 9.69 Å². The fourth-order valence-electron chi connectivity index (χ4n) is 1.25. The molecule has 0 aliphatic carbocycles. The van der Waals surface area contributed by atoms with Gasteiger partial charge in [-0.25, -0.2) is 0 Å². The van der Waals surface area contributed by atoms with Gasteiger partial charge in [-0.15, -0.1) is 0 Å². The Morgan fingerprint density at radius 1 is 1.53 bits per heavy atom. The first kappa shape index (κ1) is 14.3. The fraction of sp³-hybridized carbons (Fsp3) is 0.800. The van der Waals surface area contributed by atoms with E-state index in [-0.39, 0.29) is 5.91 Å². The summed E-state index contributed by atoms with van der Waals surface area (Å²) in [5, 5.41) is 2.76. The van der Waals surface area contributed by atoms with Crippen molar-refractivity contribution < 1.29 is 4.79 Å². The topological polar surface area (TPSA) is 58.4 Å². The minimum Gasteiger partial charge on any atom is -0.392 e. The van der Waals surface area contributed by atoms with Crippen LogP contribution in [0.25, 0.3) is 0 Å². The van der Waals surface area contributed by atoms with Gasteiger partial charge in [0.1, 0.15) is 0 Å². The highest BCUT2D eigenvalue weighted by Crippen LogP contribution is 1.99. The summed E-state index contributed by atoms with van der Waals surface area (Å²) in [5.41, 5.74) is 5.49. The lowest BCUT2D eigenvalue weighted by molar-refractivity contribution is -0.121. The van der Waals surface area contributed by atoms with Gasteiger partial charge in [0.2, 0.25) is 5.91 Å². The van der Waals surface area contributed by atoms with E-state index in [0.29, 0.717) is 37.1 Å². The van der Waals surface area contributed by atoms with Gasteiger partial charge in [0.15, 0.2) is 0 Å². The number of nitrogens with two attached hydrogens (primary N) is 1. The summed E-state index contributed by atoms with van der Waals surface area (Å²) in [6.45, 7) is 7.99. The van der Waals surface area contributed by atoms with Crippen molar-refractivity contribution in [3.05, 3.63) is 0 Å². The second-order valence-electron chi connectivity index (χ2n) is 3.73. The third kappa shape index (κ3) is 7.27. The zero-order valence-electron chi connectivity index (χ0n) is 9.75. The standard InChI is InChI=1S/C10H21N3OS/c1-4-12-10(14)5-6-13(8(2)3)7-9(11)15/h8H,4-7H2,1-3H3,(H2,11,15)(H,12,14). The molecule has 0 radical (unpaired) electrons. The highest BCUT2D eigenvalue weighted by molar-refractivity contribution is 7.80. The number of nitrogens with one attached hydrogen (secondary N) is 1. The van der Waals surface area contributed by atoms with Crippen LogP contribution >= 0.6 is 12.2 Å². The summed E-state index contributed by atoms with van der Waals surface area (Å²) in [7, 11) is 0. The number of carbonyl (C=O) groups is 1. The average Bonchev–Trinajstić information content (AvgIpc) is 2.11. The summed E-state index contributed by atoms with van der Waals surface area (Å²) < 4.78 is 0. The quantitative estimate of drug-likeness (QED) is 0.627. The summed E-state index contributed by atoms with van der Waals surface area (Å²) >= 11 is 4.86. The van der Waals surface area contributed by atoms with Crippen LogP contribution in [0.1, 0.15) is 27.2 Å². The minimum absolute atomic E-state index is 0.0751. The second-order valence-corrected chi connectivity index (χ2v) is 4.26. The van der Waals surface area contributed by atoms with Gasteiger partial charge in [-0.2, -0.15) is 0 Å². The van der Waals surface area contributed by atoms with E-state index in [9.17, 15) is 4.79 Å². The molecular weight excluding hydrogens is 210 g/mol. The van der Waals surface area contributed by atoms with Gasteiger partial charge >= 0.3 is 0 Å². The van der Waals surface area contributed by atoms with E-state index in [1.165, 1.54) is 0 Å². The summed E-state index contributed by atoms with van der Waals surface area (Å²) in [6, 6.07) is 0.348. The first-order valence-electron chi connectivity index (χ1n) is 5.26. The molecule has 3 N–H and O–H groups in total. The Hall–Kier alpha value is -0.680. The summed E-state index contributed by atoms with van der Waals surface area (Å²) in [6.07, 6.45) is 0.495. The van der Waals surface area contributed by atoms with E-state index in [1.807, 2.05) is 6.92 Å². The minimum atomic E-state index is 0.0751. The molecule has 0 aromatic rings. The molecule has 0 saturated carbocycles. The Bertz CT molecular complexity index is 219. The van der Waals surface area contributed by atoms with Crippen LogP contribution in [-0.2, 0) is 4.79 Å². The molecule has 0 spiro atoms. The zero-order chi connectivity index (χ0) is 11.8. The van der Waals surface area contributed by atoms with E-state index in [4.69, 9.17) is 18.0 Å². The van der Waals surface area contributed by atoms with Crippen LogP contribution < -0.4 is 11.1 Å². The molecule has 0 unspecified atom stereocenters. The van der Waals surface area contributed by atoms with E-state index in [1.54, 1.807) is 0 Å². The van der Waals surface area contributed by atoms with Gasteiger partial charge in [-0.1, -0.05) is 12.2 Å². The van der Waals surface area contributed by atoms with Gasteiger partial charge in [0, 0.05) is 32.1 Å². The lowest BCUT2D eigenvalue weighted by Crippen LogP contribution is -2.40. The van der Waals surface area contributed by atoms with Crippen molar-refractivity contribution in [3.8, 4) is 0 Å². The first-order valence-corrected chi connectivity index (χ1v) is 5.67. The SMILES string of the molecule is CCNC(=O)CCN(CC(N)=S)C(C)C. The van der Waals surface area contributed by atoms with Crippen LogP contribution in [0.4, 0.5) is 0 Å². The molecule has 0 bridgehead atoms. The first-order chi connectivity index (χ1) is 6.97. The molecule has 0 rings (SSSR count). The highest BCUT2D eigenvalue weighted by Gasteiger charge is 2.11. The van der Waals surface area contributed by atoms with E-state index in [0.717, 1.165) is 0 Å². The van der Waals surface area contributed by atoms with Crippen LogP contribution in [0, 0.1) is 0 Å². The molecule has 0 heterocycles. The van der Waals surface area contributed by atoms with Gasteiger partial charge < -0.3 is 11.1 Å². The number of amides is 1. The zero-order valence-corrected chi connectivity index (χ0v) is 10.6. The van der Waals surface area contributed by atoms with Crippen molar-refractivity contribution in [1.82, 2.24) is 10.2 Å². The predicted octanol–water partition coefficient (Wildman–Crippen LogP) is 0.509. The summed E-state index contributed by atoms with van der Waals surface area (Å²) in [4.78, 5) is 13.8.